The summed E-state index contributed by atoms with van der Waals surface area (Å²) in [5, 5.41) is 0.734. The van der Waals surface area contributed by atoms with Crippen LogP contribution in [0.15, 0.2) is 18.2 Å². The Labute approximate surface area is 108 Å². The third kappa shape index (κ3) is 2.55. The number of rotatable bonds is 1. The van der Waals surface area contributed by atoms with Crippen LogP contribution in [0.3, 0.4) is 0 Å². The van der Waals surface area contributed by atoms with Crippen molar-refractivity contribution in [2.24, 2.45) is 0 Å². The monoisotopic (exact) mass is 250 g/mol. The van der Waals surface area contributed by atoms with Crippen LogP contribution in [0.5, 0.6) is 0 Å². The second-order valence-corrected chi connectivity index (χ2v) is 6.30. The Balaban J connectivity index is 2.42. The van der Waals surface area contributed by atoms with Gasteiger partial charge in [0.1, 0.15) is 5.78 Å². The zero-order chi connectivity index (χ0) is 12.6. The molecule has 1 saturated carbocycles. The Bertz CT molecular complexity index is 443. The lowest BCUT2D eigenvalue weighted by molar-refractivity contribution is -0.118. The van der Waals surface area contributed by atoms with E-state index in [1.54, 1.807) is 0 Å². The zero-order valence-electron chi connectivity index (χ0n) is 10.7. The highest BCUT2D eigenvalue weighted by Crippen LogP contribution is 2.37. The smallest absolute Gasteiger partial charge is 0.140 e. The number of carbonyl (C=O) groups excluding carboxylic acids is 1. The molecule has 1 fully saturated rings. The van der Waals surface area contributed by atoms with Crippen molar-refractivity contribution in [1.82, 2.24) is 0 Å². The van der Waals surface area contributed by atoms with Crippen molar-refractivity contribution in [1.29, 1.82) is 0 Å². The molecule has 1 atom stereocenters. The van der Waals surface area contributed by atoms with Crippen molar-refractivity contribution in [3.63, 3.8) is 0 Å². The van der Waals surface area contributed by atoms with Gasteiger partial charge in [0.25, 0.3) is 0 Å². The number of ketones is 1. The van der Waals surface area contributed by atoms with E-state index in [-0.39, 0.29) is 11.3 Å². The SMILES string of the molecule is CC(C)(C)c1ccc(Cl)c(C2CCCC2=O)c1. The van der Waals surface area contributed by atoms with Gasteiger partial charge >= 0.3 is 0 Å². The van der Waals surface area contributed by atoms with Crippen LogP contribution in [0.1, 0.15) is 57.1 Å². The van der Waals surface area contributed by atoms with E-state index in [0.717, 1.165) is 23.4 Å². The summed E-state index contributed by atoms with van der Waals surface area (Å²) >= 11 is 6.24. The molecule has 0 spiro atoms. The van der Waals surface area contributed by atoms with Gasteiger partial charge in [0.2, 0.25) is 0 Å². The summed E-state index contributed by atoms with van der Waals surface area (Å²) in [7, 11) is 0. The molecule has 0 bridgehead atoms. The summed E-state index contributed by atoms with van der Waals surface area (Å²) in [6.45, 7) is 6.53. The topological polar surface area (TPSA) is 17.1 Å². The molecule has 0 aliphatic heterocycles. The lowest BCUT2D eigenvalue weighted by atomic mass is 9.84. The average molecular weight is 251 g/mol. The maximum absolute atomic E-state index is 11.8. The number of hydrogen-bond donors (Lipinski definition) is 0. The predicted molar refractivity (Wildman–Crippen MR) is 71.8 cm³/mol. The second kappa shape index (κ2) is 4.45. The van der Waals surface area contributed by atoms with Crippen LogP contribution in [0.25, 0.3) is 0 Å². The van der Waals surface area contributed by atoms with Crippen LogP contribution in [0.4, 0.5) is 0 Å². The normalized spacial score (nSPS) is 20.9. The highest BCUT2D eigenvalue weighted by atomic mass is 35.5. The molecule has 1 nitrogen and oxygen atoms in total. The molecule has 0 aromatic heterocycles. The highest BCUT2D eigenvalue weighted by molar-refractivity contribution is 6.31. The standard InChI is InChI=1S/C15H19ClO/c1-15(2,3)10-7-8-13(16)12(9-10)11-5-4-6-14(11)17/h7-9,11H,4-6H2,1-3H3. The lowest BCUT2D eigenvalue weighted by Gasteiger charge is -2.21. The minimum atomic E-state index is 0.0322. The van der Waals surface area contributed by atoms with Gasteiger partial charge < -0.3 is 0 Å². The van der Waals surface area contributed by atoms with Crippen LogP contribution < -0.4 is 0 Å². The zero-order valence-corrected chi connectivity index (χ0v) is 11.5. The van der Waals surface area contributed by atoms with Crippen molar-refractivity contribution in [3.8, 4) is 0 Å². The van der Waals surface area contributed by atoms with Gasteiger partial charge in [-0.15, -0.1) is 0 Å². The van der Waals surface area contributed by atoms with Crippen molar-refractivity contribution in [2.45, 2.75) is 51.4 Å². The fourth-order valence-corrected chi connectivity index (χ4v) is 2.67. The molecule has 1 aromatic carbocycles. The molecule has 2 rings (SSSR count). The van der Waals surface area contributed by atoms with Crippen LogP contribution in [-0.2, 0) is 10.2 Å². The van der Waals surface area contributed by atoms with Gasteiger partial charge in [-0.2, -0.15) is 0 Å². The molecule has 0 saturated heterocycles. The molecular formula is C15H19ClO. The number of carbonyl (C=O) groups is 1. The fourth-order valence-electron chi connectivity index (χ4n) is 2.42. The Kier molecular flexibility index (Phi) is 3.31. The van der Waals surface area contributed by atoms with Crippen LogP contribution >= 0.6 is 11.6 Å². The maximum Gasteiger partial charge on any atom is 0.140 e. The first-order valence-corrected chi connectivity index (χ1v) is 6.60. The molecule has 1 aliphatic carbocycles. The summed E-state index contributed by atoms with van der Waals surface area (Å²) in [6, 6.07) is 6.12. The summed E-state index contributed by atoms with van der Waals surface area (Å²) in [4.78, 5) is 11.8. The number of benzene rings is 1. The Morgan fingerprint density at radius 1 is 1.29 bits per heavy atom. The van der Waals surface area contributed by atoms with Gasteiger partial charge in [0.15, 0.2) is 0 Å². The van der Waals surface area contributed by atoms with E-state index in [1.165, 1.54) is 5.56 Å². The van der Waals surface area contributed by atoms with E-state index in [4.69, 9.17) is 11.6 Å². The minimum absolute atomic E-state index is 0.0322. The predicted octanol–water partition coefficient (Wildman–Crippen LogP) is 4.47. The van der Waals surface area contributed by atoms with E-state index in [1.807, 2.05) is 6.07 Å². The van der Waals surface area contributed by atoms with E-state index in [9.17, 15) is 4.79 Å². The minimum Gasteiger partial charge on any atom is -0.299 e. The number of hydrogen-bond acceptors (Lipinski definition) is 1. The molecule has 0 heterocycles. The van der Waals surface area contributed by atoms with Crippen LogP contribution in [0.2, 0.25) is 5.02 Å². The number of halogens is 1. The molecule has 1 unspecified atom stereocenters. The molecule has 0 amide bonds. The molecule has 1 aromatic rings. The summed E-state index contributed by atoms with van der Waals surface area (Å²) in [5.74, 6) is 0.378. The average Bonchev–Trinajstić information content (AvgIpc) is 2.63. The van der Waals surface area contributed by atoms with Crippen molar-refractivity contribution in [3.05, 3.63) is 34.3 Å². The van der Waals surface area contributed by atoms with Crippen molar-refractivity contribution < 1.29 is 4.79 Å². The fraction of sp³-hybridized carbons (Fsp3) is 0.533. The van der Waals surface area contributed by atoms with Crippen LogP contribution in [-0.4, -0.2) is 5.78 Å². The van der Waals surface area contributed by atoms with Gasteiger partial charge in [-0.25, -0.2) is 0 Å². The third-order valence-corrected chi connectivity index (χ3v) is 3.89. The Morgan fingerprint density at radius 2 is 2.00 bits per heavy atom. The Morgan fingerprint density at radius 3 is 2.53 bits per heavy atom. The molecular weight excluding hydrogens is 232 g/mol. The summed E-state index contributed by atoms with van der Waals surface area (Å²) < 4.78 is 0. The second-order valence-electron chi connectivity index (χ2n) is 5.90. The first-order valence-electron chi connectivity index (χ1n) is 6.22. The molecule has 0 radical (unpaired) electrons. The maximum atomic E-state index is 11.8. The lowest BCUT2D eigenvalue weighted by Crippen LogP contribution is -2.13. The molecule has 2 heteroatoms. The summed E-state index contributed by atoms with van der Waals surface area (Å²) in [6.07, 6.45) is 2.66. The van der Waals surface area contributed by atoms with Gasteiger partial charge in [-0.05, 0) is 35.4 Å². The molecule has 0 N–H and O–H groups in total. The quantitative estimate of drug-likeness (QED) is 0.719. The molecule has 17 heavy (non-hydrogen) atoms. The first-order chi connectivity index (χ1) is 7.89. The largest absolute Gasteiger partial charge is 0.299 e. The van der Waals surface area contributed by atoms with E-state index >= 15 is 0 Å². The molecule has 92 valence electrons. The highest BCUT2D eigenvalue weighted by Gasteiger charge is 2.28. The molecule has 1 aliphatic rings. The van der Waals surface area contributed by atoms with E-state index in [2.05, 4.69) is 32.9 Å². The van der Waals surface area contributed by atoms with Gasteiger partial charge in [-0.1, -0.05) is 44.5 Å². The van der Waals surface area contributed by atoms with E-state index in [0.29, 0.717) is 12.2 Å². The third-order valence-electron chi connectivity index (χ3n) is 3.54. The van der Waals surface area contributed by atoms with Gasteiger partial charge in [-0.3, -0.25) is 4.79 Å². The van der Waals surface area contributed by atoms with Gasteiger partial charge in [0.05, 0.1) is 0 Å². The Hall–Kier alpha value is -0.820. The summed E-state index contributed by atoms with van der Waals surface area (Å²) in [5.41, 5.74) is 2.37. The van der Waals surface area contributed by atoms with Crippen molar-refractivity contribution >= 4 is 17.4 Å². The first kappa shape index (κ1) is 12.6. The number of Topliss-reactive ketones (excluding diaryl/α,β-unsaturated/α-hetero) is 1. The van der Waals surface area contributed by atoms with Crippen LogP contribution in [0, 0.1) is 0 Å². The van der Waals surface area contributed by atoms with Gasteiger partial charge in [0, 0.05) is 17.4 Å². The van der Waals surface area contributed by atoms with Crippen molar-refractivity contribution in [2.75, 3.05) is 0 Å². The van der Waals surface area contributed by atoms with E-state index < -0.39 is 0 Å².